The Labute approximate surface area is 176 Å². The lowest BCUT2D eigenvalue weighted by atomic mass is 10.1. The van der Waals surface area contributed by atoms with Gasteiger partial charge in [-0.2, -0.15) is 13.2 Å². The predicted molar refractivity (Wildman–Crippen MR) is 108 cm³/mol. The van der Waals surface area contributed by atoms with Gasteiger partial charge in [0.05, 0.1) is 5.69 Å². The first-order valence-electron chi connectivity index (χ1n) is 8.88. The number of rotatable bonds is 6. The summed E-state index contributed by atoms with van der Waals surface area (Å²) >= 11 is 0. The molecule has 6 nitrogen and oxygen atoms in total. The lowest BCUT2D eigenvalue weighted by Crippen LogP contribution is -2.23. The van der Waals surface area contributed by atoms with Crippen molar-refractivity contribution in [2.24, 2.45) is 0 Å². The van der Waals surface area contributed by atoms with E-state index < -0.39 is 32.6 Å². The zero-order valence-corrected chi connectivity index (χ0v) is 16.9. The fourth-order valence-electron chi connectivity index (χ4n) is 2.55. The van der Waals surface area contributed by atoms with Gasteiger partial charge in [0, 0.05) is 24.5 Å². The van der Waals surface area contributed by atoms with Crippen LogP contribution < -0.4 is 10.0 Å². The van der Waals surface area contributed by atoms with Gasteiger partial charge in [0.2, 0.25) is 0 Å². The van der Waals surface area contributed by atoms with Crippen molar-refractivity contribution < 1.29 is 26.4 Å². The van der Waals surface area contributed by atoms with Gasteiger partial charge in [0.25, 0.3) is 15.9 Å². The van der Waals surface area contributed by atoms with Gasteiger partial charge in [-0.05, 0) is 54.1 Å². The third kappa shape index (κ3) is 5.52. The molecule has 0 aliphatic heterocycles. The van der Waals surface area contributed by atoms with Crippen LogP contribution in [-0.4, -0.2) is 25.5 Å². The number of hydrogen-bond donors (Lipinski definition) is 2. The average molecular weight is 447 g/mol. The van der Waals surface area contributed by atoms with Gasteiger partial charge >= 0.3 is 6.18 Å². The van der Waals surface area contributed by atoms with Crippen LogP contribution in [0.2, 0.25) is 0 Å². The molecule has 0 fully saturated rings. The fourth-order valence-corrected chi connectivity index (χ4v) is 3.61. The summed E-state index contributed by atoms with van der Waals surface area (Å²) in [6.07, 6.45) is -0.0376. The standard InChI is InChI=1S/C21H16F3N3O3S/c1-14-4-5-16(20(28)26-13-15-3-2-10-25-12-15)11-19(14)27-31(29,30)18-8-6-17(7-9-18)21(22,23)24/h2-6,8,10-12,27H,13H2,1H3,(H,26,28). The van der Waals surface area contributed by atoms with E-state index in [2.05, 4.69) is 15.0 Å². The number of amides is 1. The van der Waals surface area contributed by atoms with E-state index in [1.807, 2.05) is 5.73 Å². The first kappa shape index (κ1) is 22.1. The van der Waals surface area contributed by atoms with Crippen LogP contribution in [0.25, 0.3) is 0 Å². The molecule has 1 amide bonds. The highest BCUT2D eigenvalue weighted by Crippen LogP contribution is 2.28. The molecular formula is C21H16F3N3O3S. The topological polar surface area (TPSA) is 88.2 Å². The molecule has 0 bridgehead atoms. The van der Waals surface area contributed by atoms with Crippen LogP contribution in [0.3, 0.4) is 0 Å². The number of halogens is 3. The molecule has 0 spiro atoms. The molecule has 0 radical (unpaired) electrons. The van der Waals surface area contributed by atoms with Crippen molar-refractivity contribution in [3.05, 3.63) is 93.5 Å². The van der Waals surface area contributed by atoms with Crippen molar-refractivity contribution in [3.63, 3.8) is 0 Å². The van der Waals surface area contributed by atoms with E-state index >= 15 is 0 Å². The lowest BCUT2D eigenvalue weighted by Gasteiger charge is -2.13. The number of aromatic nitrogens is 1. The first-order chi connectivity index (χ1) is 14.6. The predicted octanol–water partition coefficient (Wildman–Crippen LogP) is 3.76. The number of aryl methyl sites for hydroxylation is 1. The molecule has 2 aromatic rings. The van der Waals surface area contributed by atoms with Crippen LogP contribution in [-0.2, 0) is 16.6 Å². The molecule has 0 saturated carbocycles. The van der Waals surface area contributed by atoms with Crippen molar-refractivity contribution >= 4 is 21.6 Å². The Bertz CT molecular complexity index is 1250. The monoisotopic (exact) mass is 447 g/mol. The third-order valence-electron chi connectivity index (χ3n) is 4.24. The molecule has 10 heteroatoms. The second-order valence-corrected chi connectivity index (χ2v) is 8.19. The normalized spacial score (nSPS) is 13.4. The number of nitrogens with one attached hydrogen (secondary N) is 2. The first-order valence-corrected chi connectivity index (χ1v) is 10.4. The van der Waals surface area contributed by atoms with Crippen molar-refractivity contribution in [1.29, 1.82) is 0 Å². The second-order valence-electron chi connectivity index (χ2n) is 6.54. The van der Waals surface area contributed by atoms with E-state index in [1.54, 1.807) is 43.2 Å². The molecule has 1 aliphatic rings. The summed E-state index contributed by atoms with van der Waals surface area (Å²) in [4.78, 5) is 15.9. The van der Waals surface area contributed by atoms with E-state index in [9.17, 15) is 26.4 Å². The van der Waals surface area contributed by atoms with Gasteiger partial charge in [-0.3, -0.25) is 14.5 Å². The number of alkyl halides is 3. The molecule has 3 rings (SSSR count). The second kappa shape index (κ2) is 8.65. The Balaban J connectivity index is 1.81. The Hall–Kier alpha value is -3.58. The number of sulfonamides is 1. The number of carbonyl (C=O) groups is 1. The summed E-state index contributed by atoms with van der Waals surface area (Å²) in [5, 5.41) is 2.70. The molecule has 0 saturated heterocycles. The van der Waals surface area contributed by atoms with E-state index in [4.69, 9.17) is 0 Å². The van der Waals surface area contributed by atoms with Crippen molar-refractivity contribution in [2.75, 3.05) is 4.72 Å². The SMILES string of the molecule is Cc1ccc(C(=O)NCc2cccnc2)cc1NS(=O)(=O)C1=C=C=C(C(F)(F)F)C=C1. The molecule has 1 heterocycles. The van der Waals surface area contributed by atoms with Gasteiger partial charge in [0.1, 0.15) is 10.5 Å². The number of benzene rings is 1. The van der Waals surface area contributed by atoms with E-state index in [0.29, 0.717) is 11.6 Å². The summed E-state index contributed by atoms with van der Waals surface area (Å²) in [5.74, 6) is -0.432. The van der Waals surface area contributed by atoms with Crippen LogP contribution in [0.4, 0.5) is 18.9 Å². The fraction of sp³-hybridized carbons (Fsp3) is 0.143. The number of carbonyl (C=O) groups excluding carboxylic acids is 1. The summed E-state index contributed by atoms with van der Waals surface area (Å²) in [7, 11) is -4.24. The number of allylic oxidation sites excluding steroid dienone is 3. The van der Waals surface area contributed by atoms with Gasteiger partial charge in [-0.25, -0.2) is 8.42 Å². The van der Waals surface area contributed by atoms with Crippen LogP contribution in [0.5, 0.6) is 0 Å². The minimum absolute atomic E-state index is 0.113. The van der Waals surface area contributed by atoms with Crippen molar-refractivity contribution in [2.45, 2.75) is 19.6 Å². The maximum atomic E-state index is 12.6. The van der Waals surface area contributed by atoms with Gasteiger partial charge in [0.15, 0.2) is 0 Å². The molecule has 31 heavy (non-hydrogen) atoms. The summed E-state index contributed by atoms with van der Waals surface area (Å²) in [5.41, 5.74) is 4.32. The molecule has 0 atom stereocenters. The quantitative estimate of drug-likeness (QED) is 0.660. The maximum Gasteiger partial charge on any atom is 0.424 e. The number of nitrogens with zero attached hydrogens (tertiary/aromatic N) is 1. The average Bonchev–Trinajstić information content (AvgIpc) is 2.73. The summed E-state index contributed by atoms with van der Waals surface area (Å²) < 4.78 is 65.3. The molecular weight excluding hydrogens is 431 g/mol. The van der Waals surface area contributed by atoms with E-state index in [1.165, 1.54) is 12.1 Å². The molecule has 1 aliphatic carbocycles. The van der Waals surface area contributed by atoms with Crippen molar-refractivity contribution in [3.8, 4) is 0 Å². The third-order valence-corrected chi connectivity index (χ3v) is 5.54. The highest BCUT2D eigenvalue weighted by molar-refractivity contribution is 7.96. The van der Waals surface area contributed by atoms with Crippen LogP contribution in [0, 0.1) is 6.92 Å². The van der Waals surface area contributed by atoms with Crippen LogP contribution in [0.1, 0.15) is 21.5 Å². The van der Waals surface area contributed by atoms with Gasteiger partial charge in [-0.1, -0.05) is 17.9 Å². The number of pyridine rings is 1. The highest BCUT2D eigenvalue weighted by Gasteiger charge is 2.33. The van der Waals surface area contributed by atoms with Crippen molar-refractivity contribution in [1.82, 2.24) is 10.3 Å². The largest absolute Gasteiger partial charge is 0.424 e. The Kier molecular flexibility index (Phi) is 6.17. The molecule has 1 aromatic heterocycles. The Morgan fingerprint density at radius 2 is 1.94 bits per heavy atom. The smallest absolute Gasteiger partial charge is 0.348 e. The Morgan fingerprint density at radius 3 is 2.55 bits per heavy atom. The van der Waals surface area contributed by atoms with Gasteiger partial charge in [-0.15, -0.1) is 0 Å². The zero-order chi connectivity index (χ0) is 22.6. The van der Waals surface area contributed by atoms with Crippen LogP contribution in [0.15, 0.2) is 76.8 Å². The molecule has 1 aromatic carbocycles. The van der Waals surface area contributed by atoms with E-state index in [0.717, 1.165) is 11.6 Å². The number of anilines is 1. The molecule has 0 unspecified atom stereocenters. The molecule has 160 valence electrons. The number of hydrogen-bond acceptors (Lipinski definition) is 4. The highest BCUT2D eigenvalue weighted by atomic mass is 32.2. The van der Waals surface area contributed by atoms with Crippen LogP contribution >= 0.6 is 0 Å². The molecule has 2 N–H and O–H groups in total. The maximum absolute atomic E-state index is 12.6. The van der Waals surface area contributed by atoms with Gasteiger partial charge < -0.3 is 5.32 Å². The summed E-state index contributed by atoms with van der Waals surface area (Å²) in [6, 6.07) is 7.96. The lowest BCUT2D eigenvalue weighted by molar-refractivity contribution is -0.0880. The minimum atomic E-state index is -4.65. The minimum Gasteiger partial charge on any atom is -0.348 e. The zero-order valence-electron chi connectivity index (χ0n) is 16.1. The Morgan fingerprint density at radius 1 is 1.16 bits per heavy atom. The summed E-state index contributed by atoms with van der Waals surface area (Å²) in [6.45, 7) is 1.86. The van der Waals surface area contributed by atoms with E-state index in [-0.39, 0.29) is 17.8 Å².